The van der Waals surface area contributed by atoms with Crippen molar-refractivity contribution in [2.45, 2.75) is 52.9 Å². The van der Waals surface area contributed by atoms with Crippen LogP contribution < -0.4 is 10.2 Å². The number of hydrogen-bond donors (Lipinski definition) is 3. The predicted molar refractivity (Wildman–Crippen MR) is 115 cm³/mol. The minimum atomic E-state index is 0.914. The summed E-state index contributed by atoms with van der Waals surface area (Å²) in [5.41, 5.74) is 4.39. The molecule has 27 heavy (non-hydrogen) atoms. The summed E-state index contributed by atoms with van der Waals surface area (Å²) < 4.78 is 0. The SMILES string of the molecule is CCCC[NH+](CCCC)CCCNc1ncnc2c1[nH]c1ccc(C)cc12. The summed E-state index contributed by atoms with van der Waals surface area (Å²) in [4.78, 5) is 14.2. The molecular formula is C22H34N5+. The molecule has 0 unspecified atom stereocenters. The highest BCUT2D eigenvalue weighted by Crippen LogP contribution is 2.27. The molecule has 0 saturated heterocycles. The summed E-state index contributed by atoms with van der Waals surface area (Å²) in [6.07, 6.45) is 8.05. The van der Waals surface area contributed by atoms with Gasteiger partial charge in [0.2, 0.25) is 0 Å². The summed E-state index contributed by atoms with van der Waals surface area (Å²) in [7, 11) is 0. The number of fused-ring (bicyclic) bond motifs is 3. The standard InChI is InChI=1S/C22H33N5/c1-4-6-12-27(13-7-5-2)14-8-11-23-22-21-20(24-16-25-22)18-15-17(3)9-10-19(18)26-21/h9-10,15-16,26H,4-8,11-14H2,1-3H3,(H,23,24,25)/p+1. The van der Waals surface area contributed by atoms with Gasteiger partial charge < -0.3 is 15.2 Å². The van der Waals surface area contributed by atoms with Gasteiger partial charge in [0.25, 0.3) is 0 Å². The molecule has 3 aromatic rings. The van der Waals surface area contributed by atoms with Crippen LogP contribution in [0, 0.1) is 6.92 Å². The maximum Gasteiger partial charge on any atom is 0.153 e. The van der Waals surface area contributed by atoms with E-state index in [2.05, 4.69) is 59.2 Å². The number of aromatic nitrogens is 3. The number of hydrogen-bond acceptors (Lipinski definition) is 3. The maximum absolute atomic E-state index is 4.51. The van der Waals surface area contributed by atoms with Crippen molar-refractivity contribution in [3.63, 3.8) is 0 Å². The predicted octanol–water partition coefficient (Wildman–Crippen LogP) is 3.71. The van der Waals surface area contributed by atoms with Crippen molar-refractivity contribution in [2.24, 2.45) is 0 Å². The van der Waals surface area contributed by atoms with Crippen LogP contribution in [0.2, 0.25) is 0 Å². The van der Waals surface area contributed by atoms with Gasteiger partial charge in [-0.3, -0.25) is 0 Å². The Labute approximate surface area is 162 Å². The van der Waals surface area contributed by atoms with Gasteiger partial charge in [-0.05, 0) is 31.9 Å². The van der Waals surface area contributed by atoms with E-state index in [1.54, 1.807) is 11.2 Å². The fraction of sp³-hybridized carbons (Fsp3) is 0.545. The molecule has 2 aromatic heterocycles. The van der Waals surface area contributed by atoms with Gasteiger partial charge in [-0.15, -0.1) is 0 Å². The molecule has 0 radical (unpaired) electrons. The number of H-pyrrole nitrogens is 1. The van der Waals surface area contributed by atoms with Gasteiger partial charge in [-0.25, -0.2) is 9.97 Å². The Morgan fingerprint density at radius 1 is 1.00 bits per heavy atom. The Morgan fingerprint density at radius 2 is 1.74 bits per heavy atom. The minimum Gasteiger partial charge on any atom is -0.368 e. The zero-order valence-electron chi connectivity index (χ0n) is 17.1. The van der Waals surface area contributed by atoms with Crippen LogP contribution in [-0.2, 0) is 0 Å². The lowest BCUT2D eigenvalue weighted by molar-refractivity contribution is -0.900. The molecule has 0 aliphatic rings. The van der Waals surface area contributed by atoms with E-state index in [1.807, 2.05) is 0 Å². The molecule has 3 rings (SSSR count). The van der Waals surface area contributed by atoms with Crippen molar-refractivity contribution < 1.29 is 4.90 Å². The largest absolute Gasteiger partial charge is 0.368 e. The highest BCUT2D eigenvalue weighted by Gasteiger charge is 2.11. The zero-order chi connectivity index (χ0) is 19.1. The first kappa shape index (κ1) is 19.6. The summed E-state index contributed by atoms with van der Waals surface area (Å²) in [5, 5.41) is 4.71. The summed E-state index contributed by atoms with van der Waals surface area (Å²) >= 11 is 0. The molecule has 0 spiro atoms. The van der Waals surface area contributed by atoms with Crippen molar-refractivity contribution in [1.29, 1.82) is 0 Å². The third-order valence-corrected chi connectivity index (χ3v) is 5.30. The lowest BCUT2D eigenvalue weighted by atomic mass is 10.1. The second-order valence-corrected chi connectivity index (χ2v) is 7.61. The average molecular weight is 369 g/mol. The van der Waals surface area contributed by atoms with Crippen LogP contribution in [0.25, 0.3) is 21.9 Å². The van der Waals surface area contributed by atoms with Crippen LogP contribution in [0.5, 0.6) is 0 Å². The highest BCUT2D eigenvalue weighted by atomic mass is 15.1. The van der Waals surface area contributed by atoms with E-state index >= 15 is 0 Å². The van der Waals surface area contributed by atoms with Gasteiger partial charge in [0.05, 0.1) is 19.6 Å². The van der Waals surface area contributed by atoms with Crippen LogP contribution in [-0.4, -0.2) is 41.1 Å². The van der Waals surface area contributed by atoms with E-state index in [0.29, 0.717) is 0 Å². The molecule has 0 amide bonds. The first-order chi connectivity index (χ1) is 13.2. The summed E-state index contributed by atoms with van der Waals surface area (Å²) in [6.45, 7) is 11.5. The average Bonchev–Trinajstić information content (AvgIpc) is 3.05. The number of nitrogens with zero attached hydrogens (tertiary/aromatic N) is 2. The third-order valence-electron chi connectivity index (χ3n) is 5.30. The molecule has 0 aliphatic carbocycles. The maximum atomic E-state index is 4.51. The van der Waals surface area contributed by atoms with E-state index in [4.69, 9.17) is 0 Å². The number of nitrogens with one attached hydrogen (secondary N) is 3. The lowest BCUT2D eigenvalue weighted by Crippen LogP contribution is -3.12. The first-order valence-corrected chi connectivity index (χ1v) is 10.5. The molecule has 0 atom stereocenters. The second-order valence-electron chi connectivity index (χ2n) is 7.61. The van der Waals surface area contributed by atoms with Crippen molar-refractivity contribution >= 4 is 27.8 Å². The van der Waals surface area contributed by atoms with Gasteiger partial charge in [0.15, 0.2) is 5.82 Å². The smallest absolute Gasteiger partial charge is 0.153 e. The molecule has 5 heteroatoms. The summed E-state index contributed by atoms with van der Waals surface area (Å²) in [5.74, 6) is 0.914. The molecule has 1 aromatic carbocycles. The van der Waals surface area contributed by atoms with Gasteiger partial charge >= 0.3 is 0 Å². The van der Waals surface area contributed by atoms with Crippen LogP contribution >= 0.6 is 0 Å². The Kier molecular flexibility index (Phi) is 7.04. The number of benzene rings is 1. The second kappa shape index (κ2) is 9.70. The van der Waals surface area contributed by atoms with Gasteiger partial charge in [0, 0.05) is 23.9 Å². The normalized spacial score (nSPS) is 11.7. The van der Waals surface area contributed by atoms with Gasteiger partial charge in [-0.1, -0.05) is 38.3 Å². The molecule has 0 saturated carbocycles. The van der Waals surface area contributed by atoms with Crippen molar-refractivity contribution in [1.82, 2.24) is 15.0 Å². The minimum absolute atomic E-state index is 0.914. The van der Waals surface area contributed by atoms with E-state index in [9.17, 15) is 0 Å². The zero-order valence-corrected chi connectivity index (χ0v) is 17.1. The van der Waals surface area contributed by atoms with E-state index in [0.717, 1.165) is 35.3 Å². The molecule has 2 heterocycles. The Hall–Kier alpha value is -2.14. The molecule has 5 nitrogen and oxygen atoms in total. The number of unbranched alkanes of at least 4 members (excludes halogenated alkanes) is 2. The van der Waals surface area contributed by atoms with Crippen LogP contribution in [0.3, 0.4) is 0 Å². The molecule has 0 aliphatic heterocycles. The number of anilines is 1. The quantitative estimate of drug-likeness (QED) is 0.452. The molecule has 0 fully saturated rings. The fourth-order valence-corrected chi connectivity index (χ4v) is 3.71. The van der Waals surface area contributed by atoms with E-state index < -0.39 is 0 Å². The fourth-order valence-electron chi connectivity index (χ4n) is 3.71. The summed E-state index contributed by atoms with van der Waals surface area (Å²) in [6, 6.07) is 6.44. The number of aromatic amines is 1. The lowest BCUT2D eigenvalue weighted by Gasteiger charge is -2.19. The van der Waals surface area contributed by atoms with Crippen molar-refractivity contribution in [3.8, 4) is 0 Å². The van der Waals surface area contributed by atoms with Crippen molar-refractivity contribution in [2.75, 3.05) is 31.5 Å². The Bertz CT molecular complexity index is 846. The molecular weight excluding hydrogens is 334 g/mol. The first-order valence-electron chi connectivity index (χ1n) is 10.5. The van der Waals surface area contributed by atoms with Crippen molar-refractivity contribution in [3.05, 3.63) is 30.1 Å². The molecule has 146 valence electrons. The number of quaternary nitrogens is 1. The molecule has 0 bridgehead atoms. The van der Waals surface area contributed by atoms with E-state index in [1.165, 1.54) is 56.3 Å². The third kappa shape index (κ3) is 4.98. The monoisotopic (exact) mass is 368 g/mol. The van der Waals surface area contributed by atoms with Crippen LogP contribution in [0.1, 0.15) is 51.5 Å². The van der Waals surface area contributed by atoms with Gasteiger partial charge in [0.1, 0.15) is 17.4 Å². The topological polar surface area (TPSA) is 58.0 Å². The van der Waals surface area contributed by atoms with Crippen LogP contribution in [0.15, 0.2) is 24.5 Å². The molecule has 3 N–H and O–H groups in total. The highest BCUT2D eigenvalue weighted by molar-refractivity contribution is 6.08. The van der Waals surface area contributed by atoms with Crippen LogP contribution in [0.4, 0.5) is 5.82 Å². The van der Waals surface area contributed by atoms with E-state index in [-0.39, 0.29) is 0 Å². The Morgan fingerprint density at radius 3 is 2.48 bits per heavy atom. The van der Waals surface area contributed by atoms with Gasteiger partial charge in [-0.2, -0.15) is 0 Å². The Balaban J connectivity index is 1.62. The number of aryl methyl sites for hydroxylation is 1. The number of rotatable bonds is 11.